The number of rotatable bonds is 4. The van der Waals surface area contributed by atoms with Crippen molar-refractivity contribution in [2.24, 2.45) is 0 Å². The molecule has 174 valence electrons. The maximum absolute atomic E-state index is 13.9. The largest absolute Gasteiger partial charge is 0.490 e. The molecule has 8 nitrogen and oxygen atoms in total. The standard InChI is InChI=1S/C24H26FN3O5/c1-26-22(29)12-15-8-9-19-21(33-15)13-32-20-10-7-14(11-17(20)24(31)28(19)2)27-23(30)16-5-3-4-6-18(16)25/h3-7,10-11,15,19,21H,8-9,12-13H2,1-2H3,(H,26,29)(H,27,30)/t15-,19+,21-/m1/s1. The molecule has 9 heteroatoms. The highest BCUT2D eigenvalue weighted by atomic mass is 19.1. The van der Waals surface area contributed by atoms with E-state index in [1.165, 1.54) is 24.3 Å². The summed E-state index contributed by atoms with van der Waals surface area (Å²) < 4.78 is 25.9. The fourth-order valence-corrected chi connectivity index (χ4v) is 4.26. The van der Waals surface area contributed by atoms with Gasteiger partial charge in [0.2, 0.25) is 5.91 Å². The minimum absolute atomic E-state index is 0.0857. The second kappa shape index (κ2) is 9.58. The first kappa shape index (κ1) is 22.7. The maximum Gasteiger partial charge on any atom is 0.258 e. The van der Waals surface area contributed by atoms with Crippen LogP contribution in [0.15, 0.2) is 42.5 Å². The number of nitrogens with one attached hydrogen (secondary N) is 2. The van der Waals surface area contributed by atoms with E-state index in [2.05, 4.69) is 10.6 Å². The van der Waals surface area contributed by atoms with E-state index >= 15 is 0 Å². The van der Waals surface area contributed by atoms with E-state index in [-0.39, 0.29) is 48.7 Å². The van der Waals surface area contributed by atoms with E-state index in [9.17, 15) is 18.8 Å². The molecule has 0 saturated carbocycles. The number of amides is 3. The molecular formula is C24H26FN3O5. The highest BCUT2D eigenvalue weighted by Gasteiger charge is 2.39. The third kappa shape index (κ3) is 4.83. The van der Waals surface area contributed by atoms with Gasteiger partial charge in [-0.05, 0) is 43.2 Å². The number of ether oxygens (including phenoxy) is 2. The molecular weight excluding hydrogens is 429 g/mol. The molecule has 2 aliphatic heterocycles. The number of halogens is 1. The summed E-state index contributed by atoms with van der Waals surface area (Å²) in [6.07, 6.45) is 0.998. The van der Waals surface area contributed by atoms with E-state index in [1.54, 1.807) is 37.2 Å². The average molecular weight is 455 g/mol. The molecule has 0 radical (unpaired) electrons. The summed E-state index contributed by atoms with van der Waals surface area (Å²) in [7, 11) is 3.30. The molecule has 1 saturated heterocycles. The topological polar surface area (TPSA) is 97.0 Å². The van der Waals surface area contributed by atoms with Crippen LogP contribution >= 0.6 is 0 Å². The number of carbonyl (C=O) groups excluding carboxylic acids is 3. The number of carbonyl (C=O) groups is 3. The summed E-state index contributed by atoms with van der Waals surface area (Å²) in [5.41, 5.74) is 0.572. The van der Waals surface area contributed by atoms with Crippen LogP contribution < -0.4 is 15.4 Å². The number of nitrogens with zero attached hydrogens (tertiary/aromatic N) is 1. The number of likely N-dealkylation sites (N-methyl/N-ethyl adjacent to an activating group) is 1. The van der Waals surface area contributed by atoms with Gasteiger partial charge in [0.15, 0.2) is 0 Å². The summed E-state index contributed by atoms with van der Waals surface area (Å²) in [5.74, 6) is -1.23. The number of fused-ring (bicyclic) bond motifs is 2. The van der Waals surface area contributed by atoms with Crippen LogP contribution in [0.1, 0.15) is 40.0 Å². The van der Waals surface area contributed by atoms with Gasteiger partial charge in [0, 0.05) is 19.8 Å². The van der Waals surface area contributed by atoms with E-state index in [0.29, 0.717) is 29.8 Å². The molecule has 3 amide bonds. The van der Waals surface area contributed by atoms with Crippen molar-refractivity contribution in [2.45, 2.75) is 37.5 Å². The van der Waals surface area contributed by atoms with Gasteiger partial charge in [-0.1, -0.05) is 12.1 Å². The SMILES string of the molecule is CNC(=O)C[C@H]1CC[C@H]2[C@@H](COc3ccc(NC(=O)c4ccccc4F)cc3C(=O)N2C)O1. The molecule has 4 rings (SSSR count). The molecule has 0 unspecified atom stereocenters. The minimum Gasteiger partial charge on any atom is -0.490 e. The summed E-state index contributed by atoms with van der Waals surface area (Å²) in [5, 5.41) is 5.24. The van der Waals surface area contributed by atoms with Gasteiger partial charge in [0.1, 0.15) is 24.3 Å². The normalized spacial score (nSPS) is 22.2. The van der Waals surface area contributed by atoms with Gasteiger partial charge < -0.3 is 25.0 Å². The van der Waals surface area contributed by atoms with Crippen molar-refractivity contribution < 1.29 is 28.2 Å². The van der Waals surface area contributed by atoms with Gasteiger partial charge in [-0.3, -0.25) is 14.4 Å². The van der Waals surface area contributed by atoms with Crippen molar-refractivity contribution in [3.63, 3.8) is 0 Å². The minimum atomic E-state index is -0.626. The van der Waals surface area contributed by atoms with Crippen molar-refractivity contribution in [3.8, 4) is 5.75 Å². The van der Waals surface area contributed by atoms with E-state index in [0.717, 1.165) is 0 Å². The molecule has 2 heterocycles. The van der Waals surface area contributed by atoms with Gasteiger partial charge in [0.05, 0.1) is 29.7 Å². The molecule has 2 aromatic rings. The summed E-state index contributed by atoms with van der Waals surface area (Å²) in [6.45, 7) is 0.223. The molecule has 0 spiro atoms. The molecule has 2 aromatic carbocycles. The third-order valence-electron chi connectivity index (χ3n) is 6.08. The lowest BCUT2D eigenvalue weighted by atomic mass is 9.94. The van der Waals surface area contributed by atoms with Crippen LogP contribution in [0.25, 0.3) is 0 Å². The Morgan fingerprint density at radius 2 is 1.97 bits per heavy atom. The van der Waals surface area contributed by atoms with Gasteiger partial charge in [-0.2, -0.15) is 0 Å². The Bertz CT molecular complexity index is 1080. The Morgan fingerprint density at radius 3 is 2.73 bits per heavy atom. The van der Waals surface area contributed by atoms with Crippen LogP contribution in [0.3, 0.4) is 0 Å². The Hall–Kier alpha value is -3.46. The average Bonchev–Trinajstić information content (AvgIpc) is 2.82. The number of benzene rings is 2. The second-order valence-electron chi connectivity index (χ2n) is 8.19. The first-order valence-electron chi connectivity index (χ1n) is 10.8. The zero-order valence-corrected chi connectivity index (χ0v) is 18.5. The quantitative estimate of drug-likeness (QED) is 0.739. The molecule has 0 aliphatic carbocycles. The smallest absolute Gasteiger partial charge is 0.258 e. The number of anilines is 1. The number of hydrogen-bond donors (Lipinski definition) is 2. The van der Waals surface area contributed by atoms with Gasteiger partial charge >= 0.3 is 0 Å². The van der Waals surface area contributed by atoms with Crippen molar-refractivity contribution in [3.05, 3.63) is 59.4 Å². The van der Waals surface area contributed by atoms with Crippen molar-refractivity contribution >= 4 is 23.4 Å². The summed E-state index contributed by atoms with van der Waals surface area (Å²) >= 11 is 0. The predicted molar refractivity (Wildman–Crippen MR) is 119 cm³/mol. The van der Waals surface area contributed by atoms with Crippen LogP contribution in [-0.2, 0) is 9.53 Å². The van der Waals surface area contributed by atoms with Crippen LogP contribution in [0.4, 0.5) is 10.1 Å². The van der Waals surface area contributed by atoms with Crippen molar-refractivity contribution in [1.82, 2.24) is 10.2 Å². The molecule has 3 atom stereocenters. The second-order valence-corrected chi connectivity index (χ2v) is 8.19. The summed E-state index contributed by atoms with van der Waals surface area (Å²) in [4.78, 5) is 39.1. The lowest BCUT2D eigenvalue weighted by Gasteiger charge is -2.42. The van der Waals surface area contributed by atoms with Gasteiger partial charge in [-0.15, -0.1) is 0 Å². The van der Waals surface area contributed by atoms with Crippen LogP contribution in [0.5, 0.6) is 5.75 Å². The Labute approximate surface area is 191 Å². The molecule has 33 heavy (non-hydrogen) atoms. The Morgan fingerprint density at radius 1 is 1.18 bits per heavy atom. The van der Waals surface area contributed by atoms with E-state index in [1.807, 2.05) is 0 Å². The molecule has 2 aliphatic rings. The predicted octanol–water partition coefficient (Wildman–Crippen LogP) is 2.59. The Balaban J connectivity index is 1.52. The molecule has 0 aromatic heterocycles. The number of hydrogen-bond acceptors (Lipinski definition) is 5. The van der Waals surface area contributed by atoms with E-state index in [4.69, 9.17) is 9.47 Å². The van der Waals surface area contributed by atoms with Crippen molar-refractivity contribution in [1.29, 1.82) is 0 Å². The van der Waals surface area contributed by atoms with Crippen LogP contribution in [0.2, 0.25) is 0 Å². The first-order chi connectivity index (χ1) is 15.9. The maximum atomic E-state index is 13.9. The highest BCUT2D eigenvalue weighted by molar-refractivity contribution is 6.05. The molecule has 2 N–H and O–H groups in total. The fourth-order valence-electron chi connectivity index (χ4n) is 4.26. The Kier molecular flexibility index (Phi) is 6.60. The third-order valence-corrected chi connectivity index (χ3v) is 6.08. The zero-order valence-electron chi connectivity index (χ0n) is 18.5. The zero-order chi connectivity index (χ0) is 23.5. The highest BCUT2D eigenvalue weighted by Crippen LogP contribution is 2.32. The fraction of sp³-hybridized carbons (Fsp3) is 0.375. The van der Waals surface area contributed by atoms with Gasteiger partial charge in [0.25, 0.3) is 11.8 Å². The van der Waals surface area contributed by atoms with Crippen molar-refractivity contribution in [2.75, 3.05) is 26.0 Å². The molecule has 0 bridgehead atoms. The molecule has 1 fully saturated rings. The van der Waals surface area contributed by atoms with Crippen LogP contribution in [0, 0.1) is 5.82 Å². The van der Waals surface area contributed by atoms with Gasteiger partial charge in [-0.25, -0.2) is 4.39 Å². The summed E-state index contributed by atoms with van der Waals surface area (Å²) in [6, 6.07) is 10.2. The lowest BCUT2D eigenvalue weighted by molar-refractivity contribution is -0.133. The van der Waals surface area contributed by atoms with E-state index < -0.39 is 11.7 Å². The monoisotopic (exact) mass is 455 g/mol. The van der Waals surface area contributed by atoms with Crippen LogP contribution in [-0.4, -0.2) is 61.6 Å². The first-order valence-corrected chi connectivity index (χ1v) is 10.8. The lowest BCUT2D eigenvalue weighted by Crippen LogP contribution is -2.53.